The molecule has 0 aliphatic carbocycles. The summed E-state index contributed by atoms with van der Waals surface area (Å²) in [6.45, 7) is 5.18. The average Bonchev–Trinajstić information content (AvgIpc) is 2.54. The maximum Gasteiger partial charge on any atom is 0.227 e. The highest BCUT2D eigenvalue weighted by molar-refractivity contribution is 5.85. The molecule has 5 nitrogen and oxygen atoms in total. The topological polar surface area (TPSA) is 52.7 Å². The van der Waals surface area contributed by atoms with Crippen LogP contribution in [0.5, 0.6) is 0 Å². The van der Waals surface area contributed by atoms with Crippen LogP contribution in [0.3, 0.4) is 0 Å². The Morgan fingerprint density at radius 1 is 1.09 bits per heavy atom. The van der Waals surface area contributed by atoms with E-state index < -0.39 is 0 Å². The van der Waals surface area contributed by atoms with Gasteiger partial charge >= 0.3 is 0 Å². The van der Waals surface area contributed by atoms with Crippen molar-refractivity contribution in [2.24, 2.45) is 5.92 Å². The van der Waals surface area contributed by atoms with Crippen LogP contribution < -0.4 is 5.32 Å². The summed E-state index contributed by atoms with van der Waals surface area (Å²) in [5.41, 5.74) is 0. The molecule has 2 saturated heterocycles. The van der Waals surface area contributed by atoms with Gasteiger partial charge in [0.05, 0.1) is 5.92 Å². The molecule has 2 heterocycles. The number of carbonyl (C=O) groups excluding carboxylic acids is 2. The number of nitrogens with zero attached hydrogens (tertiary/aromatic N) is 2. The van der Waals surface area contributed by atoms with Crippen LogP contribution in [0.15, 0.2) is 0 Å². The molecular formula is C16H30ClN3O2. The predicted molar refractivity (Wildman–Crippen MR) is 90.1 cm³/mol. The molecular weight excluding hydrogens is 302 g/mol. The number of rotatable bonds is 4. The van der Waals surface area contributed by atoms with Crippen LogP contribution in [-0.4, -0.2) is 60.9 Å². The number of hydrogen-bond acceptors (Lipinski definition) is 3. The summed E-state index contributed by atoms with van der Waals surface area (Å²) in [4.78, 5) is 28.6. The van der Waals surface area contributed by atoms with E-state index in [2.05, 4.69) is 5.32 Å². The molecule has 0 aromatic carbocycles. The van der Waals surface area contributed by atoms with Gasteiger partial charge in [0, 0.05) is 38.6 Å². The monoisotopic (exact) mass is 331 g/mol. The molecule has 2 fully saturated rings. The molecule has 1 unspecified atom stereocenters. The quantitative estimate of drug-likeness (QED) is 0.852. The number of halogens is 1. The second kappa shape index (κ2) is 9.36. The van der Waals surface area contributed by atoms with Crippen molar-refractivity contribution in [2.45, 2.75) is 51.5 Å². The lowest BCUT2D eigenvalue weighted by Gasteiger charge is -2.37. The Morgan fingerprint density at radius 3 is 2.36 bits per heavy atom. The molecule has 6 heteroatoms. The lowest BCUT2D eigenvalue weighted by Crippen LogP contribution is -2.50. The second-order valence-electron chi connectivity index (χ2n) is 6.32. The molecule has 128 valence electrons. The van der Waals surface area contributed by atoms with E-state index in [0.29, 0.717) is 19.0 Å². The van der Waals surface area contributed by atoms with Gasteiger partial charge in [0.2, 0.25) is 11.8 Å². The molecule has 22 heavy (non-hydrogen) atoms. The van der Waals surface area contributed by atoms with Gasteiger partial charge in [0.1, 0.15) is 0 Å². The minimum atomic E-state index is 0. The lowest BCUT2D eigenvalue weighted by molar-refractivity contribution is -0.141. The molecule has 0 saturated carbocycles. The standard InChI is InChI=1S/C16H29N3O2.ClH/c1-3-5-15(20)19-9-4-6-13(12-19)16(21)18-10-7-14(17-2)8-11-18;/h13-14,17H,3-12H2,1-2H3;1H. The van der Waals surface area contributed by atoms with E-state index in [4.69, 9.17) is 0 Å². The van der Waals surface area contributed by atoms with E-state index in [1.54, 1.807) is 0 Å². The first kappa shape index (κ1) is 19.2. The molecule has 0 spiro atoms. The molecule has 2 rings (SSSR count). The van der Waals surface area contributed by atoms with Crippen LogP contribution in [0.1, 0.15) is 45.4 Å². The van der Waals surface area contributed by atoms with Gasteiger partial charge in [-0.2, -0.15) is 0 Å². The molecule has 1 atom stereocenters. The normalized spacial score (nSPS) is 23.1. The van der Waals surface area contributed by atoms with Gasteiger partial charge in [0.15, 0.2) is 0 Å². The molecule has 1 N–H and O–H groups in total. The van der Waals surface area contributed by atoms with E-state index in [-0.39, 0.29) is 30.1 Å². The van der Waals surface area contributed by atoms with Gasteiger partial charge in [-0.1, -0.05) is 6.92 Å². The molecule has 0 radical (unpaired) electrons. The summed E-state index contributed by atoms with van der Waals surface area (Å²) in [7, 11) is 1.99. The molecule has 2 aliphatic heterocycles. The highest BCUT2D eigenvalue weighted by atomic mass is 35.5. The highest BCUT2D eigenvalue weighted by Gasteiger charge is 2.32. The van der Waals surface area contributed by atoms with Gasteiger partial charge < -0.3 is 15.1 Å². The van der Waals surface area contributed by atoms with Crippen LogP contribution >= 0.6 is 12.4 Å². The third-order valence-corrected chi connectivity index (χ3v) is 4.80. The smallest absolute Gasteiger partial charge is 0.227 e. The first-order valence-corrected chi connectivity index (χ1v) is 8.39. The Hall–Kier alpha value is -0.810. The number of hydrogen-bond donors (Lipinski definition) is 1. The van der Waals surface area contributed by atoms with Crippen molar-refractivity contribution in [3.63, 3.8) is 0 Å². The average molecular weight is 332 g/mol. The fraction of sp³-hybridized carbons (Fsp3) is 0.875. The lowest BCUT2D eigenvalue weighted by atomic mass is 9.94. The molecule has 0 aromatic heterocycles. The maximum absolute atomic E-state index is 12.6. The summed E-state index contributed by atoms with van der Waals surface area (Å²) in [6.07, 6.45) is 5.44. The van der Waals surface area contributed by atoms with Gasteiger partial charge in [0.25, 0.3) is 0 Å². The molecule has 0 bridgehead atoms. The Balaban J connectivity index is 0.00000242. The van der Waals surface area contributed by atoms with Gasteiger partial charge in [-0.15, -0.1) is 12.4 Å². The van der Waals surface area contributed by atoms with Crippen LogP contribution in [0.2, 0.25) is 0 Å². The van der Waals surface area contributed by atoms with Crippen molar-refractivity contribution in [2.75, 3.05) is 33.2 Å². The van der Waals surface area contributed by atoms with Crippen LogP contribution in [0.4, 0.5) is 0 Å². The number of carbonyl (C=O) groups is 2. The SMILES string of the molecule is CCCC(=O)N1CCCC(C(=O)N2CCC(NC)CC2)C1.Cl. The predicted octanol–water partition coefficient (Wildman–Crippen LogP) is 1.66. The number of likely N-dealkylation sites (tertiary alicyclic amines) is 2. The Kier molecular flexibility index (Phi) is 8.18. The Bertz CT molecular complexity index is 370. The summed E-state index contributed by atoms with van der Waals surface area (Å²) in [5.74, 6) is 0.494. The molecule has 2 aliphatic rings. The zero-order chi connectivity index (χ0) is 15.2. The second-order valence-corrected chi connectivity index (χ2v) is 6.32. The Labute approximate surface area is 140 Å². The van der Waals surface area contributed by atoms with E-state index in [1.165, 1.54) is 0 Å². The minimum Gasteiger partial charge on any atom is -0.342 e. The third kappa shape index (κ3) is 4.85. The largest absolute Gasteiger partial charge is 0.342 e. The molecule has 2 amide bonds. The van der Waals surface area contributed by atoms with Crippen molar-refractivity contribution < 1.29 is 9.59 Å². The van der Waals surface area contributed by atoms with Gasteiger partial charge in [-0.05, 0) is 39.2 Å². The number of nitrogens with one attached hydrogen (secondary N) is 1. The van der Waals surface area contributed by atoms with Crippen molar-refractivity contribution in [1.82, 2.24) is 15.1 Å². The summed E-state index contributed by atoms with van der Waals surface area (Å²) < 4.78 is 0. The van der Waals surface area contributed by atoms with Crippen LogP contribution in [0, 0.1) is 5.92 Å². The molecule has 0 aromatic rings. The van der Waals surface area contributed by atoms with Crippen LogP contribution in [-0.2, 0) is 9.59 Å². The number of piperidine rings is 2. The maximum atomic E-state index is 12.6. The van der Waals surface area contributed by atoms with Crippen molar-refractivity contribution in [3.05, 3.63) is 0 Å². The van der Waals surface area contributed by atoms with Crippen molar-refractivity contribution in [3.8, 4) is 0 Å². The zero-order valence-corrected chi connectivity index (χ0v) is 14.7. The first-order valence-electron chi connectivity index (χ1n) is 8.39. The van der Waals surface area contributed by atoms with Gasteiger partial charge in [-0.25, -0.2) is 0 Å². The summed E-state index contributed by atoms with van der Waals surface area (Å²) in [5, 5.41) is 3.29. The minimum absolute atomic E-state index is 0. The summed E-state index contributed by atoms with van der Waals surface area (Å²) in [6, 6.07) is 0.544. The zero-order valence-electron chi connectivity index (χ0n) is 13.8. The van der Waals surface area contributed by atoms with Crippen molar-refractivity contribution >= 4 is 24.2 Å². The summed E-state index contributed by atoms with van der Waals surface area (Å²) >= 11 is 0. The fourth-order valence-electron chi connectivity index (χ4n) is 3.42. The van der Waals surface area contributed by atoms with Crippen LogP contribution in [0.25, 0.3) is 0 Å². The Morgan fingerprint density at radius 2 is 1.77 bits per heavy atom. The highest BCUT2D eigenvalue weighted by Crippen LogP contribution is 2.22. The fourth-order valence-corrected chi connectivity index (χ4v) is 3.42. The van der Waals surface area contributed by atoms with Crippen molar-refractivity contribution in [1.29, 1.82) is 0 Å². The van der Waals surface area contributed by atoms with E-state index >= 15 is 0 Å². The van der Waals surface area contributed by atoms with E-state index in [0.717, 1.165) is 51.7 Å². The number of amides is 2. The van der Waals surface area contributed by atoms with E-state index in [9.17, 15) is 9.59 Å². The van der Waals surface area contributed by atoms with Gasteiger partial charge in [-0.3, -0.25) is 9.59 Å². The van der Waals surface area contributed by atoms with E-state index in [1.807, 2.05) is 23.8 Å². The third-order valence-electron chi connectivity index (χ3n) is 4.80. The first-order chi connectivity index (χ1) is 10.2.